The minimum atomic E-state index is -0.287. The van der Waals surface area contributed by atoms with Crippen molar-refractivity contribution in [2.24, 2.45) is 0 Å². The third-order valence-electron chi connectivity index (χ3n) is 4.68. The van der Waals surface area contributed by atoms with Gasteiger partial charge < -0.3 is 4.42 Å². The van der Waals surface area contributed by atoms with E-state index < -0.39 is 0 Å². The zero-order valence-corrected chi connectivity index (χ0v) is 13.3. The predicted molar refractivity (Wildman–Crippen MR) is 90.4 cm³/mol. The zero-order valence-electron chi connectivity index (χ0n) is 13.3. The second-order valence-corrected chi connectivity index (χ2v) is 6.36. The van der Waals surface area contributed by atoms with Crippen LogP contribution in [0.3, 0.4) is 0 Å². The first-order valence-corrected chi connectivity index (χ1v) is 8.27. The van der Waals surface area contributed by atoms with E-state index in [1.54, 1.807) is 4.57 Å². The summed E-state index contributed by atoms with van der Waals surface area (Å²) in [7, 11) is 0. The molecule has 5 heteroatoms. The topological polar surface area (TPSA) is 38.4 Å². The highest BCUT2D eigenvalue weighted by Crippen LogP contribution is 2.25. The molecule has 0 aliphatic carbocycles. The lowest BCUT2D eigenvalue weighted by molar-refractivity contribution is 0.168. The Morgan fingerprint density at radius 3 is 2.75 bits per heavy atom. The van der Waals surface area contributed by atoms with Gasteiger partial charge in [-0.25, -0.2) is 9.18 Å². The fourth-order valence-electron chi connectivity index (χ4n) is 3.56. The van der Waals surface area contributed by atoms with Gasteiger partial charge in [0, 0.05) is 13.1 Å². The van der Waals surface area contributed by atoms with Crippen molar-refractivity contribution < 1.29 is 8.81 Å². The van der Waals surface area contributed by atoms with Crippen LogP contribution in [0.5, 0.6) is 0 Å². The summed E-state index contributed by atoms with van der Waals surface area (Å²) < 4.78 is 20.2. The minimum absolute atomic E-state index is 0.107. The lowest BCUT2D eigenvalue weighted by Crippen LogP contribution is -2.38. The van der Waals surface area contributed by atoms with Crippen molar-refractivity contribution in [1.29, 1.82) is 0 Å². The lowest BCUT2D eigenvalue weighted by Gasteiger charge is -2.33. The average Bonchev–Trinajstić information content (AvgIpc) is 2.93. The molecule has 0 saturated carbocycles. The average molecular weight is 326 g/mol. The maximum absolute atomic E-state index is 13.0. The van der Waals surface area contributed by atoms with Gasteiger partial charge in [0.25, 0.3) is 0 Å². The van der Waals surface area contributed by atoms with Gasteiger partial charge in [0.15, 0.2) is 5.58 Å². The van der Waals surface area contributed by atoms with Crippen molar-refractivity contribution >= 4 is 11.1 Å². The zero-order chi connectivity index (χ0) is 16.5. The maximum atomic E-state index is 13.0. The van der Waals surface area contributed by atoms with Gasteiger partial charge >= 0.3 is 5.76 Å². The Kier molecular flexibility index (Phi) is 3.94. The summed E-state index contributed by atoms with van der Waals surface area (Å²) >= 11 is 0. The predicted octanol–water partition coefficient (Wildman–Crippen LogP) is 3.57. The van der Waals surface area contributed by atoms with Crippen molar-refractivity contribution in [2.75, 3.05) is 13.1 Å². The molecule has 4 nitrogen and oxygen atoms in total. The summed E-state index contributed by atoms with van der Waals surface area (Å²) in [5.41, 5.74) is 2.58. The van der Waals surface area contributed by atoms with E-state index >= 15 is 0 Å². The van der Waals surface area contributed by atoms with Crippen LogP contribution >= 0.6 is 0 Å². The van der Waals surface area contributed by atoms with Gasteiger partial charge in [-0.2, -0.15) is 0 Å². The highest BCUT2D eigenvalue weighted by atomic mass is 19.1. The normalized spacial score (nSPS) is 19.0. The molecular formula is C19H19FN2O2. The molecule has 4 rings (SSSR count). The van der Waals surface area contributed by atoms with E-state index in [0.29, 0.717) is 5.58 Å². The molecule has 0 N–H and O–H groups in total. The van der Waals surface area contributed by atoms with Gasteiger partial charge in [-0.3, -0.25) is 9.47 Å². The molecule has 24 heavy (non-hydrogen) atoms. The maximum Gasteiger partial charge on any atom is 0.420 e. The molecule has 0 bridgehead atoms. The number of para-hydroxylation sites is 2. The number of fused-ring (bicyclic) bond motifs is 1. The van der Waals surface area contributed by atoms with Gasteiger partial charge in [0.1, 0.15) is 5.82 Å². The highest BCUT2D eigenvalue weighted by molar-refractivity contribution is 5.72. The molecule has 1 saturated heterocycles. The van der Waals surface area contributed by atoms with Crippen LogP contribution in [0, 0.1) is 5.82 Å². The number of aromatic nitrogens is 1. The molecule has 1 aliphatic rings. The molecule has 0 spiro atoms. The molecule has 1 atom stereocenters. The van der Waals surface area contributed by atoms with Crippen molar-refractivity contribution in [2.45, 2.75) is 25.4 Å². The Balaban J connectivity index is 1.57. The van der Waals surface area contributed by atoms with Gasteiger partial charge in [0.2, 0.25) is 0 Å². The lowest BCUT2D eigenvalue weighted by atomic mass is 10.0. The van der Waals surface area contributed by atoms with E-state index in [1.165, 1.54) is 12.1 Å². The van der Waals surface area contributed by atoms with Gasteiger partial charge in [-0.1, -0.05) is 24.3 Å². The van der Waals surface area contributed by atoms with Crippen molar-refractivity contribution in [3.05, 3.63) is 70.5 Å². The quantitative estimate of drug-likeness (QED) is 0.738. The van der Waals surface area contributed by atoms with Crippen LogP contribution in [-0.4, -0.2) is 22.6 Å². The standard InChI is InChI=1S/C19H19FN2O2/c20-15-9-7-14(8-10-15)12-21-11-3-4-16(13-21)22-17-5-1-2-6-18(17)24-19(22)23/h1-2,5-10,16H,3-4,11-13H2/t16-/m1/s1. The molecule has 124 valence electrons. The number of piperidine rings is 1. The summed E-state index contributed by atoms with van der Waals surface area (Å²) in [5, 5.41) is 0. The Morgan fingerprint density at radius 2 is 1.92 bits per heavy atom. The van der Waals surface area contributed by atoms with Gasteiger partial charge in [-0.15, -0.1) is 0 Å². The molecule has 0 radical (unpaired) electrons. The van der Waals surface area contributed by atoms with E-state index in [9.17, 15) is 9.18 Å². The monoisotopic (exact) mass is 326 g/mol. The van der Waals surface area contributed by atoms with Gasteiger partial charge in [-0.05, 0) is 49.2 Å². The van der Waals surface area contributed by atoms with Crippen LogP contribution in [0.15, 0.2) is 57.7 Å². The van der Waals surface area contributed by atoms with Crippen LogP contribution in [-0.2, 0) is 6.54 Å². The molecule has 1 aromatic heterocycles. The molecule has 3 aromatic rings. The summed E-state index contributed by atoms with van der Waals surface area (Å²) in [5.74, 6) is -0.503. The van der Waals surface area contributed by atoms with Crippen molar-refractivity contribution in [3.8, 4) is 0 Å². The first kappa shape index (κ1) is 15.1. The van der Waals surface area contributed by atoms with Crippen LogP contribution in [0.4, 0.5) is 4.39 Å². The Labute approximate surface area is 139 Å². The number of rotatable bonds is 3. The first-order chi connectivity index (χ1) is 11.7. The number of hydrogen-bond donors (Lipinski definition) is 0. The van der Waals surface area contributed by atoms with Crippen molar-refractivity contribution in [3.63, 3.8) is 0 Å². The Morgan fingerprint density at radius 1 is 1.12 bits per heavy atom. The van der Waals surface area contributed by atoms with Crippen LogP contribution in [0.25, 0.3) is 11.1 Å². The summed E-state index contributed by atoms with van der Waals surface area (Å²) in [6.45, 7) is 2.54. The van der Waals surface area contributed by atoms with Crippen LogP contribution < -0.4 is 5.76 Å². The molecule has 2 aromatic carbocycles. The molecule has 1 fully saturated rings. The van der Waals surface area contributed by atoms with E-state index in [1.807, 2.05) is 36.4 Å². The second-order valence-electron chi connectivity index (χ2n) is 6.36. The summed E-state index contributed by atoms with van der Waals surface area (Å²) in [4.78, 5) is 14.6. The number of likely N-dealkylation sites (tertiary alicyclic amines) is 1. The van der Waals surface area contributed by atoms with E-state index in [0.717, 1.165) is 43.6 Å². The third kappa shape index (κ3) is 2.87. The number of benzene rings is 2. The van der Waals surface area contributed by atoms with Crippen LogP contribution in [0.1, 0.15) is 24.4 Å². The fraction of sp³-hybridized carbons (Fsp3) is 0.316. The molecule has 2 heterocycles. The molecule has 0 amide bonds. The first-order valence-electron chi connectivity index (χ1n) is 8.27. The second kappa shape index (κ2) is 6.24. The third-order valence-corrected chi connectivity index (χ3v) is 4.68. The van der Waals surface area contributed by atoms with Crippen LogP contribution in [0.2, 0.25) is 0 Å². The molecule has 1 aliphatic heterocycles. The minimum Gasteiger partial charge on any atom is -0.408 e. The molecular weight excluding hydrogens is 307 g/mol. The largest absolute Gasteiger partial charge is 0.420 e. The number of halogens is 1. The van der Waals surface area contributed by atoms with Crippen molar-refractivity contribution in [1.82, 2.24) is 9.47 Å². The number of nitrogens with zero attached hydrogens (tertiary/aromatic N) is 2. The van der Waals surface area contributed by atoms with E-state index in [2.05, 4.69) is 4.90 Å². The van der Waals surface area contributed by atoms with E-state index in [4.69, 9.17) is 4.42 Å². The highest BCUT2D eigenvalue weighted by Gasteiger charge is 2.25. The van der Waals surface area contributed by atoms with E-state index in [-0.39, 0.29) is 17.6 Å². The number of oxazole rings is 1. The summed E-state index contributed by atoms with van der Waals surface area (Å²) in [6, 6.07) is 14.3. The Hall–Kier alpha value is -2.40. The fourth-order valence-corrected chi connectivity index (χ4v) is 3.56. The summed E-state index contributed by atoms with van der Waals surface area (Å²) in [6.07, 6.45) is 1.99. The Bertz CT molecular complexity index is 898. The number of hydrogen-bond acceptors (Lipinski definition) is 3. The molecule has 0 unspecified atom stereocenters. The van der Waals surface area contributed by atoms with Gasteiger partial charge in [0.05, 0.1) is 11.6 Å². The smallest absolute Gasteiger partial charge is 0.408 e. The SMILES string of the molecule is O=c1oc2ccccc2n1[C@@H]1CCCN(Cc2ccc(F)cc2)C1.